The first-order valence-electron chi connectivity index (χ1n) is 7.99. The van der Waals surface area contributed by atoms with Crippen LogP contribution in [-0.4, -0.2) is 29.1 Å². The van der Waals surface area contributed by atoms with E-state index in [-0.39, 0.29) is 0 Å². The molecule has 110 valence electrons. The van der Waals surface area contributed by atoms with Crippen LogP contribution in [0.5, 0.6) is 0 Å². The molecule has 4 nitrogen and oxygen atoms in total. The molecule has 1 aromatic rings. The molecule has 0 aromatic carbocycles. The van der Waals surface area contributed by atoms with Crippen molar-refractivity contribution in [3.05, 3.63) is 18.0 Å². The van der Waals surface area contributed by atoms with Crippen molar-refractivity contribution in [3.8, 4) is 0 Å². The van der Waals surface area contributed by atoms with Gasteiger partial charge in [0.05, 0.1) is 0 Å². The van der Waals surface area contributed by atoms with Crippen LogP contribution in [0.1, 0.15) is 51.0 Å². The van der Waals surface area contributed by atoms with E-state index in [0.717, 1.165) is 24.5 Å². The van der Waals surface area contributed by atoms with Crippen LogP contribution in [0.15, 0.2) is 12.4 Å². The van der Waals surface area contributed by atoms with Crippen molar-refractivity contribution in [2.24, 2.45) is 5.92 Å². The Morgan fingerprint density at radius 2 is 1.95 bits per heavy atom. The van der Waals surface area contributed by atoms with E-state index >= 15 is 0 Å². The summed E-state index contributed by atoms with van der Waals surface area (Å²) >= 11 is 0. The predicted octanol–water partition coefficient (Wildman–Crippen LogP) is 2.74. The van der Waals surface area contributed by atoms with Gasteiger partial charge in [-0.1, -0.05) is 19.8 Å². The fourth-order valence-electron chi connectivity index (χ4n) is 3.09. The van der Waals surface area contributed by atoms with Crippen molar-refractivity contribution in [1.82, 2.24) is 15.3 Å². The number of nitrogens with zero attached hydrogens (tertiary/aromatic N) is 3. The molecule has 0 amide bonds. The van der Waals surface area contributed by atoms with E-state index < -0.39 is 0 Å². The molecule has 1 N–H and O–H groups in total. The topological polar surface area (TPSA) is 41.1 Å². The first-order chi connectivity index (χ1) is 9.72. The number of anilines is 1. The molecule has 0 spiro atoms. The van der Waals surface area contributed by atoms with E-state index in [9.17, 15) is 0 Å². The molecule has 0 bridgehead atoms. The van der Waals surface area contributed by atoms with Gasteiger partial charge in [0, 0.05) is 43.6 Å². The average Bonchev–Trinajstić information content (AvgIpc) is 3.29. The van der Waals surface area contributed by atoms with Gasteiger partial charge < -0.3 is 10.2 Å². The minimum absolute atomic E-state index is 0.606. The predicted molar refractivity (Wildman–Crippen MR) is 81.7 cm³/mol. The van der Waals surface area contributed by atoms with Crippen molar-refractivity contribution in [1.29, 1.82) is 0 Å². The van der Waals surface area contributed by atoms with Gasteiger partial charge in [0.15, 0.2) is 0 Å². The number of hydrogen-bond acceptors (Lipinski definition) is 4. The zero-order valence-electron chi connectivity index (χ0n) is 12.7. The van der Waals surface area contributed by atoms with Crippen LogP contribution in [0.2, 0.25) is 0 Å². The molecule has 1 aromatic heterocycles. The van der Waals surface area contributed by atoms with Crippen LogP contribution >= 0.6 is 0 Å². The highest BCUT2D eigenvalue weighted by Gasteiger charge is 2.24. The average molecular weight is 274 g/mol. The standard InChI is InChI=1S/C16H26N4/c1-12-4-3-5-15(8-12)20(2)16-18-10-13(11-19-16)9-17-14-6-7-14/h10-12,14-15,17H,3-9H2,1-2H3. The van der Waals surface area contributed by atoms with Crippen molar-refractivity contribution in [2.45, 2.75) is 64.1 Å². The van der Waals surface area contributed by atoms with Crippen molar-refractivity contribution in [3.63, 3.8) is 0 Å². The molecule has 2 aliphatic carbocycles. The Labute approximate surface area is 122 Å². The van der Waals surface area contributed by atoms with Gasteiger partial charge in [0.2, 0.25) is 5.95 Å². The SMILES string of the molecule is CC1CCCC(N(C)c2ncc(CNC3CC3)cn2)C1. The lowest BCUT2D eigenvalue weighted by Crippen LogP contribution is -2.36. The maximum Gasteiger partial charge on any atom is 0.225 e. The van der Waals surface area contributed by atoms with Crippen LogP contribution in [0.4, 0.5) is 5.95 Å². The Bertz CT molecular complexity index is 427. The van der Waals surface area contributed by atoms with Gasteiger partial charge in [-0.05, 0) is 31.6 Å². The maximum absolute atomic E-state index is 4.55. The quantitative estimate of drug-likeness (QED) is 0.896. The van der Waals surface area contributed by atoms with Gasteiger partial charge in [-0.25, -0.2) is 9.97 Å². The second-order valence-electron chi connectivity index (χ2n) is 6.58. The molecule has 4 heteroatoms. The molecule has 20 heavy (non-hydrogen) atoms. The van der Waals surface area contributed by atoms with Crippen molar-refractivity contribution in [2.75, 3.05) is 11.9 Å². The number of aromatic nitrogens is 2. The minimum Gasteiger partial charge on any atom is -0.341 e. The number of nitrogens with one attached hydrogen (secondary N) is 1. The van der Waals surface area contributed by atoms with E-state index in [4.69, 9.17) is 0 Å². The highest BCUT2D eigenvalue weighted by atomic mass is 15.2. The molecule has 0 aliphatic heterocycles. The minimum atomic E-state index is 0.606. The first kappa shape index (κ1) is 13.8. The second-order valence-corrected chi connectivity index (χ2v) is 6.58. The smallest absolute Gasteiger partial charge is 0.225 e. The molecule has 2 saturated carbocycles. The molecule has 2 atom stereocenters. The molecule has 2 unspecified atom stereocenters. The fraction of sp³-hybridized carbons (Fsp3) is 0.750. The molecule has 2 fully saturated rings. The van der Waals surface area contributed by atoms with Crippen LogP contribution in [0.3, 0.4) is 0 Å². The van der Waals surface area contributed by atoms with Crippen LogP contribution in [0, 0.1) is 5.92 Å². The van der Waals surface area contributed by atoms with Crippen LogP contribution in [-0.2, 0) is 6.54 Å². The van der Waals surface area contributed by atoms with E-state index in [1.54, 1.807) is 0 Å². The van der Waals surface area contributed by atoms with Crippen LogP contribution < -0.4 is 10.2 Å². The zero-order chi connectivity index (χ0) is 13.9. The van der Waals surface area contributed by atoms with Crippen molar-refractivity contribution >= 4 is 5.95 Å². The third-order valence-corrected chi connectivity index (χ3v) is 4.64. The molecule has 3 rings (SSSR count). The lowest BCUT2D eigenvalue weighted by molar-refractivity contribution is 0.334. The summed E-state index contributed by atoms with van der Waals surface area (Å²) in [6.07, 6.45) is 11.8. The fourth-order valence-corrected chi connectivity index (χ4v) is 3.09. The van der Waals surface area contributed by atoms with Crippen molar-refractivity contribution < 1.29 is 0 Å². The molecule has 2 aliphatic rings. The molecule has 0 radical (unpaired) electrons. The first-order valence-corrected chi connectivity index (χ1v) is 7.99. The Hall–Kier alpha value is -1.16. The van der Waals surface area contributed by atoms with Gasteiger partial charge >= 0.3 is 0 Å². The van der Waals surface area contributed by atoms with Gasteiger partial charge in [-0.15, -0.1) is 0 Å². The summed E-state index contributed by atoms with van der Waals surface area (Å²) in [6.45, 7) is 3.25. The van der Waals surface area contributed by atoms with E-state index in [1.165, 1.54) is 44.1 Å². The van der Waals surface area contributed by atoms with E-state index in [1.807, 2.05) is 12.4 Å². The largest absolute Gasteiger partial charge is 0.341 e. The summed E-state index contributed by atoms with van der Waals surface area (Å²) in [4.78, 5) is 11.4. The second kappa shape index (κ2) is 6.08. The Balaban J connectivity index is 1.57. The highest BCUT2D eigenvalue weighted by molar-refractivity contribution is 5.30. The number of hydrogen-bond donors (Lipinski definition) is 1. The lowest BCUT2D eigenvalue weighted by Gasteiger charge is -2.34. The molecule has 1 heterocycles. The van der Waals surface area contributed by atoms with Gasteiger partial charge in [0.25, 0.3) is 0 Å². The molecular weight excluding hydrogens is 248 g/mol. The van der Waals surface area contributed by atoms with Gasteiger partial charge in [0.1, 0.15) is 0 Å². The van der Waals surface area contributed by atoms with Crippen LogP contribution in [0.25, 0.3) is 0 Å². The maximum atomic E-state index is 4.55. The zero-order valence-corrected chi connectivity index (χ0v) is 12.7. The summed E-state index contributed by atoms with van der Waals surface area (Å²) in [7, 11) is 2.14. The molecular formula is C16H26N4. The summed E-state index contributed by atoms with van der Waals surface area (Å²) in [5.41, 5.74) is 1.19. The van der Waals surface area contributed by atoms with E-state index in [2.05, 4.69) is 34.2 Å². The lowest BCUT2D eigenvalue weighted by atomic mass is 9.86. The van der Waals surface area contributed by atoms with E-state index in [0.29, 0.717) is 6.04 Å². The highest BCUT2D eigenvalue weighted by Crippen LogP contribution is 2.28. The summed E-state index contributed by atoms with van der Waals surface area (Å²) in [5, 5.41) is 3.50. The summed E-state index contributed by atoms with van der Waals surface area (Å²) < 4.78 is 0. The third-order valence-electron chi connectivity index (χ3n) is 4.64. The molecule has 0 saturated heterocycles. The Morgan fingerprint density at radius 1 is 1.20 bits per heavy atom. The summed E-state index contributed by atoms with van der Waals surface area (Å²) in [5.74, 6) is 1.71. The van der Waals surface area contributed by atoms with Gasteiger partial charge in [-0.2, -0.15) is 0 Å². The van der Waals surface area contributed by atoms with Gasteiger partial charge in [-0.3, -0.25) is 0 Å². The third kappa shape index (κ3) is 3.48. The summed E-state index contributed by atoms with van der Waals surface area (Å²) in [6, 6.07) is 1.34. The normalized spacial score (nSPS) is 26.5. The Kier molecular flexibility index (Phi) is 4.20. The number of rotatable bonds is 5. The monoisotopic (exact) mass is 274 g/mol. The Morgan fingerprint density at radius 3 is 2.60 bits per heavy atom.